The number of nitrogens with one attached hydrogen (secondary N) is 1. The number of anilines is 1. The summed E-state index contributed by atoms with van der Waals surface area (Å²) < 4.78 is 26.5. The van der Waals surface area contributed by atoms with Gasteiger partial charge in [0.1, 0.15) is 11.6 Å². The largest absolute Gasteiger partial charge is 0.325 e. The third-order valence-electron chi connectivity index (χ3n) is 3.02. The van der Waals surface area contributed by atoms with E-state index in [0.717, 1.165) is 29.5 Å². The third-order valence-corrected chi connectivity index (χ3v) is 4.41. The lowest BCUT2D eigenvalue weighted by Crippen LogP contribution is -2.23. The van der Waals surface area contributed by atoms with E-state index >= 15 is 0 Å². The fourth-order valence-corrected chi connectivity index (χ4v) is 2.82. The maximum absolute atomic E-state index is 13.6. The molecule has 2 aromatic rings. The van der Waals surface area contributed by atoms with Crippen LogP contribution in [0.25, 0.3) is 0 Å². The average Bonchev–Trinajstić information content (AvgIpc) is 2.45. The summed E-state index contributed by atoms with van der Waals surface area (Å²) in [5.74, 6) is -1.60. The minimum atomic E-state index is -0.677. The van der Waals surface area contributed by atoms with Crippen LogP contribution in [-0.4, -0.2) is 11.2 Å². The second-order valence-electron chi connectivity index (χ2n) is 4.78. The van der Waals surface area contributed by atoms with Gasteiger partial charge in [-0.3, -0.25) is 4.79 Å². The third kappa shape index (κ3) is 4.21. The molecule has 1 unspecified atom stereocenters. The Morgan fingerprint density at radius 2 is 1.95 bits per heavy atom. The van der Waals surface area contributed by atoms with E-state index in [2.05, 4.69) is 5.32 Å². The van der Waals surface area contributed by atoms with Gasteiger partial charge in [0.2, 0.25) is 5.91 Å². The summed E-state index contributed by atoms with van der Waals surface area (Å²) in [5.41, 5.74) is 1.49. The maximum Gasteiger partial charge on any atom is 0.237 e. The topological polar surface area (TPSA) is 29.1 Å². The van der Waals surface area contributed by atoms with Crippen molar-refractivity contribution in [2.75, 3.05) is 5.32 Å². The molecule has 2 nitrogen and oxygen atoms in total. The number of thioether (sulfide) groups is 1. The van der Waals surface area contributed by atoms with Crippen LogP contribution in [0, 0.1) is 18.6 Å². The molecule has 0 heterocycles. The van der Waals surface area contributed by atoms with Crippen LogP contribution in [-0.2, 0) is 4.79 Å². The van der Waals surface area contributed by atoms with E-state index in [-0.39, 0.29) is 10.8 Å². The summed E-state index contributed by atoms with van der Waals surface area (Å²) in [6.07, 6.45) is 0. The quantitative estimate of drug-likeness (QED) is 0.789. The zero-order valence-corrected chi connectivity index (χ0v) is 13.6. The van der Waals surface area contributed by atoms with E-state index in [4.69, 9.17) is 11.6 Å². The van der Waals surface area contributed by atoms with Gasteiger partial charge in [0, 0.05) is 21.7 Å². The highest BCUT2D eigenvalue weighted by Gasteiger charge is 2.17. The second-order valence-corrected chi connectivity index (χ2v) is 6.60. The molecule has 0 aliphatic heterocycles. The zero-order valence-electron chi connectivity index (χ0n) is 12.0. The molecular weight excluding hydrogens is 328 g/mol. The number of halogens is 3. The van der Waals surface area contributed by atoms with Crippen molar-refractivity contribution in [3.8, 4) is 0 Å². The summed E-state index contributed by atoms with van der Waals surface area (Å²) >= 11 is 6.93. The molecule has 0 spiro atoms. The van der Waals surface area contributed by atoms with Crippen LogP contribution in [0.1, 0.15) is 12.5 Å². The summed E-state index contributed by atoms with van der Waals surface area (Å²) in [6.45, 7) is 3.51. The van der Waals surface area contributed by atoms with Gasteiger partial charge in [0.25, 0.3) is 0 Å². The Morgan fingerprint density at radius 3 is 2.64 bits per heavy atom. The standard InChI is InChI=1S/C16H14ClF2NOS/c1-9-3-4-11(17)7-14(9)20-16(21)10(2)22-15-6-5-12(18)8-13(15)19/h3-8,10H,1-2H3,(H,20,21). The molecule has 1 amide bonds. The molecule has 116 valence electrons. The summed E-state index contributed by atoms with van der Waals surface area (Å²) in [5, 5.41) is 2.74. The van der Waals surface area contributed by atoms with Gasteiger partial charge in [0.05, 0.1) is 5.25 Å². The number of rotatable bonds is 4. The predicted molar refractivity (Wildman–Crippen MR) is 86.5 cm³/mol. The van der Waals surface area contributed by atoms with Gasteiger partial charge in [-0.05, 0) is 43.7 Å². The SMILES string of the molecule is Cc1ccc(Cl)cc1NC(=O)C(C)Sc1ccc(F)cc1F. The van der Waals surface area contributed by atoms with Crippen molar-refractivity contribution < 1.29 is 13.6 Å². The van der Waals surface area contributed by atoms with Gasteiger partial charge >= 0.3 is 0 Å². The first-order chi connectivity index (χ1) is 10.4. The molecule has 0 saturated carbocycles. The molecule has 0 aromatic heterocycles. The Balaban J connectivity index is 2.07. The fraction of sp³-hybridized carbons (Fsp3) is 0.188. The number of hydrogen-bond acceptors (Lipinski definition) is 2. The van der Waals surface area contributed by atoms with E-state index in [9.17, 15) is 13.6 Å². The van der Waals surface area contributed by atoms with Crippen molar-refractivity contribution in [2.45, 2.75) is 24.0 Å². The Kier molecular flexibility index (Phi) is 5.42. The lowest BCUT2D eigenvalue weighted by Gasteiger charge is -2.14. The number of aryl methyl sites for hydroxylation is 1. The molecule has 22 heavy (non-hydrogen) atoms. The molecule has 0 radical (unpaired) electrons. The Morgan fingerprint density at radius 1 is 1.23 bits per heavy atom. The average molecular weight is 342 g/mol. The molecule has 0 saturated heterocycles. The normalized spacial score (nSPS) is 12.0. The highest BCUT2D eigenvalue weighted by atomic mass is 35.5. The molecule has 0 fully saturated rings. The minimum absolute atomic E-state index is 0.229. The number of benzene rings is 2. The van der Waals surface area contributed by atoms with Gasteiger partial charge in [0.15, 0.2) is 0 Å². The molecular formula is C16H14ClF2NOS. The number of amides is 1. The van der Waals surface area contributed by atoms with Crippen molar-refractivity contribution in [3.05, 3.63) is 58.6 Å². The summed E-state index contributed by atoms with van der Waals surface area (Å²) in [7, 11) is 0. The highest BCUT2D eigenvalue weighted by Crippen LogP contribution is 2.28. The zero-order chi connectivity index (χ0) is 16.3. The first kappa shape index (κ1) is 16.8. The van der Waals surface area contributed by atoms with Crippen LogP contribution in [0.15, 0.2) is 41.3 Å². The van der Waals surface area contributed by atoms with Crippen LogP contribution in [0.3, 0.4) is 0 Å². The van der Waals surface area contributed by atoms with Gasteiger partial charge in [-0.2, -0.15) is 0 Å². The Labute approximate surface area is 136 Å². The summed E-state index contributed by atoms with van der Waals surface area (Å²) in [4.78, 5) is 12.4. The Hall–Kier alpha value is -1.59. The van der Waals surface area contributed by atoms with Crippen molar-refractivity contribution in [1.82, 2.24) is 0 Å². The number of carbonyl (C=O) groups is 1. The molecule has 6 heteroatoms. The van der Waals surface area contributed by atoms with Gasteiger partial charge in [-0.25, -0.2) is 8.78 Å². The molecule has 2 rings (SSSR count). The fourth-order valence-electron chi connectivity index (χ4n) is 1.78. The first-order valence-electron chi connectivity index (χ1n) is 6.55. The van der Waals surface area contributed by atoms with Crippen LogP contribution in [0.5, 0.6) is 0 Å². The van der Waals surface area contributed by atoms with E-state index in [0.29, 0.717) is 10.7 Å². The van der Waals surface area contributed by atoms with Crippen LogP contribution >= 0.6 is 23.4 Å². The van der Waals surface area contributed by atoms with Crippen LogP contribution in [0.2, 0.25) is 5.02 Å². The molecule has 1 N–H and O–H groups in total. The van der Waals surface area contributed by atoms with E-state index in [1.54, 1.807) is 25.1 Å². The molecule has 1 atom stereocenters. The van der Waals surface area contributed by atoms with Gasteiger partial charge in [-0.15, -0.1) is 11.8 Å². The number of carbonyl (C=O) groups excluding carboxylic acids is 1. The predicted octanol–water partition coefficient (Wildman–Crippen LogP) is 5.05. The van der Waals surface area contributed by atoms with E-state index in [1.165, 1.54) is 6.07 Å². The van der Waals surface area contributed by atoms with Crippen LogP contribution in [0.4, 0.5) is 14.5 Å². The van der Waals surface area contributed by atoms with Crippen LogP contribution < -0.4 is 5.32 Å². The minimum Gasteiger partial charge on any atom is -0.325 e. The van der Waals surface area contributed by atoms with Gasteiger partial charge in [-0.1, -0.05) is 17.7 Å². The molecule has 0 bridgehead atoms. The monoisotopic (exact) mass is 341 g/mol. The Bertz CT molecular complexity index is 709. The van der Waals surface area contributed by atoms with Crippen molar-refractivity contribution in [1.29, 1.82) is 0 Å². The lowest BCUT2D eigenvalue weighted by atomic mass is 10.2. The van der Waals surface area contributed by atoms with Gasteiger partial charge < -0.3 is 5.32 Å². The highest BCUT2D eigenvalue weighted by molar-refractivity contribution is 8.00. The smallest absolute Gasteiger partial charge is 0.237 e. The van der Waals surface area contributed by atoms with E-state index in [1.807, 2.05) is 6.92 Å². The van der Waals surface area contributed by atoms with E-state index < -0.39 is 16.9 Å². The molecule has 0 aliphatic rings. The molecule has 0 aliphatic carbocycles. The lowest BCUT2D eigenvalue weighted by molar-refractivity contribution is -0.115. The second kappa shape index (κ2) is 7.11. The maximum atomic E-state index is 13.6. The van der Waals surface area contributed by atoms with Crippen molar-refractivity contribution in [2.24, 2.45) is 0 Å². The van der Waals surface area contributed by atoms with Crippen molar-refractivity contribution in [3.63, 3.8) is 0 Å². The summed E-state index contributed by atoms with van der Waals surface area (Å²) in [6, 6.07) is 8.48. The first-order valence-corrected chi connectivity index (χ1v) is 7.81. The number of hydrogen-bond donors (Lipinski definition) is 1. The molecule has 2 aromatic carbocycles. The van der Waals surface area contributed by atoms with Crippen molar-refractivity contribution >= 4 is 35.0 Å².